The molecule has 1 aromatic rings. The first-order chi connectivity index (χ1) is 9.35. The number of hydrogen-bond acceptors (Lipinski definition) is 3. The number of rotatable bonds is 8. The van der Waals surface area contributed by atoms with Gasteiger partial charge >= 0.3 is 0 Å². The Bertz CT molecular complexity index is 451. The lowest BCUT2D eigenvalue weighted by atomic mass is 9.90. The third kappa shape index (κ3) is 4.81. The number of ether oxygens (including phenoxy) is 1. The van der Waals surface area contributed by atoms with Gasteiger partial charge in [-0.2, -0.15) is 0 Å². The van der Waals surface area contributed by atoms with E-state index in [1.165, 1.54) is 6.07 Å². The number of para-hydroxylation sites is 1. The molecule has 4 nitrogen and oxygen atoms in total. The third-order valence-corrected chi connectivity index (χ3v) is 3.07. The van der Waals surface area contributed by atoms with E-state index in [9.17, 15) is 9.18 Å². The van der Waals surface area contributed by atoms with Gasteiger partial charge in [-0.15, -0.1) is 0 Å². The first kappa shape index (κ1) is 16.4. The number of halogens is 1. The monoisotopic (exact) mass is 282 g/mol. The Kier molecular flexibility index (Phi) is 5.95. The van der Waals surface area contributed by atoms with Crippen molar-refractivity contribution in [3.8, 4) is 5.75 Å². The van der Waals surface area contributed by atoms with Crippen LogP contribution in [-0.4, -0.2) is 24.6 Å². The van der Waals surface area contributed by atoms with Crippen LogP contribution in [-0.2, 0) is 4.79 Å². The minimum Gasteiger partial charge on any atom is -0.489 e. The summed E-state index contributed by atoms with van der Waals surface area (Å²) >= 11 is 0. The Balaban J connectivity index is 2.46. The Morgan fingerprint density at radius 1 is 1.45 bits per heavy atom. The van der Waals surface area contributed by atoms with Crippen LogP contribution in [0.5, 0.6) is 5.75 Å². The fraction of sp³-hybridized carbons (Fsp3) is 0.533. The number of carbonyl (C=O) groups is 1. The van der Waals surface area contributed by atoms with Crippen LogP contribution in [0.3, 0.4) is 0 Å². The fourth-order valence-electron chi connectivity index (χ4n) is 2.13. The van der Waals surface area contributed by atoms with Crippen molar-refractivity contribution in [1.29, 1.82) is 0 Å². The molecule has 1 rings (SSSR count). The average Bonchev–Trinajstić information content (AvgIpc) is 2.35. The maximum atomic E-state index is 13.3. The molecule has 0 saturated carbocycles. The Morgan fingerprint density at radius 3 is 2.65 bits per heavy atom. The molecule has 0 radical (unpaired) electrons. The van der Waals surface area contributed by atoms with E-state index in [4.69, 9.17) is 10.5 Å². The van der Waals surface area contributed by atoms with Gasteiger partial charge in [0.1, 0.15) is 6.61 Å². The Hall–Kier alpha value is -1.62. The summed E-state index contributed by atoms with van der Waals surface area (Å²) in [5, 5.41) is 3.09. The van der Waals surface area contributed by atoms with Crippen LogP contribution in [0.25, 0.3) is 0 Å². The molecular formula is C15H23FN2O2. The molecule has 1 amide bonds. The zero-order valence-corrected chi connectivity index (χ0v) is 12.3. The second-order valence-electron chi connectivity index (χ2n) is 5.50. The van der Waals surface area contributed by atoms with Crippen molar-refractivity contribution in [2.45, 2.75) is 32.7 Å². The number of hydrogen-bond donors (Lipinski definition) is 2. The highest BCUT2D eigenvalue weighted by molar-refractivity contribution is 5.84. The van der Waals surface area contributed by atoms with E-state index >= 15 is 0 Å². The summed E-state index contributed by atoms with van der Waals surface area (Å²) in [5.74, 6) is -0.240. The number of primary amides is 1. The quantitative estimate of drug-likeness (QED) is 0.718. The van der Waals surface area contributed by atoms with Gasteiger partial charge in [0.05, 0.1) is 5.54 Å². The molecule has 0 unspecified atom stereocenters. The third-order valence-electron chi connectivity index (χ3n) is 3.07. The van der Waals surface area contributed by atoms with Gasteiger partial charge in [0.2, 0.25) is 5.91 Å². The van der Waals surface area contributed by atoms with Crippen LogP contribution in [0.2, 0.25) is 0 Å². The standard InChI is InChI=1S/C15H23FN2O2/c1-11(2)10-15(3,14(17)19)18-8-9-20-13-7-5-4-6-12(13)16/h4-7,11,18H,8-10H2,1-3H3,(H2,17,19)/t15-/m1/s1. The van der Waals surface area contributed by atoms with Crippen molar-refractivity contribution in [1.82, 2.24) is 5.32 Å². The molecule has 0 saturated heterocycles. The molecule has 0 heterocycles. The number of carbonyl (C=O) groups excluding carboxylic acids is 1. The number of nitrogens with one attached hydrogen (secondary N) is 1. The van der Waals surface area contributed by atoms with Crippen LogP contribution < -0.4 is 15.8 Å². The Morgan fingerprint density at radius 2 is 2.10 bits per heavy atom. The van der Waals surface area contributed by atoms with Crippen molar-refractivity contribution in [3.63, 3.8) is 0 Å². The first-order valence-electron chi connectivity index (χ1n) is 6.77. The minimum atomic E-state index is -0.771. The molecule has 5 heteroatoms. The summed E-state index contributed by atoms with van der Waals surface area (Å²) < 4.78 is 18.7. The normalized spacial score (nSPS) is 14.1. The van der Waals surface area contributed by atoms with Crippen molar-refractivity contribution in [2.75, 3.05) is 13.2 Å². The topological polar surface area (TPSA) is 64.3 Å². The first-order valence-corrected chi connectivity index (χ1v) is 6.77. The average molecular weight is 282 g/mol. The lowest BCUT2D eigenvalue weighted by molar-refractivity contribution is -0.124. The molecule has 3 N–H and O–H groups in total. The van der Waals surface area contributed by atoms with Gasteiger partial charge < -0.3 is 15.8 Å². The van der Waals surface area contributed by atoms with E-state index < -0.39 is 17.3 Å². The van der Waals surface area contributed by atoms with Crippen molar-refractivity contribution >= 4 is 5.91 Å². The van der Waals surface area contributed by atoms with Gasteiger partial charge in [-0.1, -0.05) is 26.0 Å². The predicted octanol–water partition coefficient (Wildman–Crippen LogP) is 2.08. The summed E-state index contributed by atoms with van der Waals surface area (Å²) in [6.45, 7) is 6.51. The van der Waals surface area contributed by atoms with Gasteiger partial charge in [-0.3, -0.25) is 4.79 Å². The van der Waals surface area contributed by atoms with Gasteiger partial charge in [0, 0.05) is 6.54 Å². The van der Waals surface area contributed by atoms with Gasteiger partial charge in [0.25, 0.3) is 0 Å². The molecule has 1 aromatic carbocycles. The summed E-state index contributed by atoms with van der Waals surface area (Å²) in [7, 11) is 0. The van der Waals surface area contributed by atoms with Crippen molar-refractivity contribution < 1.29 is 13.9 Å². The number of nitrogens with two attached hydrogens (primary N) is 1. The van der Waals surface area contributed by atoms with Crippen LogP contribution in [0, 0.1) is 11.7 Å². The van der Waals surface area contributed by atoms with Gasteiger partial charge in [-0.25, -0.2) is 4.39 Å². The molecular weight excluding hydrogens is 259 g/mol. The van der Waals surface area contributed by atoms with Gasteiger partial charge in [-0.05, 0) is 31.4 Å². The summed E-state index contributed by atoms with van der Waals surface area (Å²) in [5.41, 5.74) is 4.66. The predicted molar refractivity (Wildman–Crippen MR) is 77.0 cm³/mol. The van der Waals surface area contributed by atoms with E-state index in [0.29, 0.717) is 18.9 Å². The van der Waals surface area contributed by atoms with E-state index in [1.54, 1.807) is 25.1 Å². The molecule has 0 aromatic heterocycles. The van der Waals surface area contributed by atoms with Crippen LogP contribution in [0.1, 0.15) is 27.2 Å². The molecule has 0 aliphatic rings. The number of amides is 1. The second-order valence-corrected chi connectivity index (χ2v) is 5.50. The molecule has 1 atom stereocenters. The second kappa shape index (κ2) is 7.24. The highest BCUT2D eigenvalue weighted by Gasteiger charge is 2.30. The lowest BCUT2D eigenvalue weighted by Crippen LogP contribution is -2.54. The van der Waals surface area contributed by atoms with E-state index in [2.05, 4.69) is 5.32 Å². The highest BCUT2D eigenvalue weighted by atomic mass is 19.1. The van der Waals surface area contributed by atoms with E-state index in [1.807, 2.05) is 13.8 Å². The molecule has 0 spiro atoms. The maximum Gasteiger partial charge on any atom is 0.237 e. The SMILES string of the molecule is CC(C)C[C@@](C)(NCCOc1ccccc1F)C(N)=O. The zero-order chi connectivity index (χ0) is 15.2. The minimum absolute atomic E-state index is 0.207. The van der Waals surface area contributed by atoms with Gasteiger partial charge in [0.15, 0.2) is 11.6 Å². The van der Waals surface area contributed by atoms with Crippen LogP contribution >= 0.6 is 0 Å². The summed E-state index contributed by atoms with van der Waals surface area (Å²) in [6.07, 6.45) is 0.641. The van der Waals surface area contributed by atoms with E-state index in [0.717, 1.165) is 0 Å². The van der Waals surface area contributed by atoms with E-state index in [-0.39, 0.29) is 12.4 Å². The van der Waals surface area contributed by atoms with Crippen LogP contribution in [0.15, 0.2) is 24.3 Å². The van der Waals surface area contributed by atoms with Crippen molar-refractivity contribution in [3.05, 3.63) is 30.1 Å². The molecule has 0 aliphatic heterocycles. The summed E-state index contributed by atoms with van der Waals surface area (Å²) in [6, 6.07) is 6.22. The number of benzene rings is 1. The lowest BCUT2D eigenvalue weighted by Gasteiger charge is -2.29. The van der Waals surface area contributed by atoms with Crippen molar-refractivity contribution in [2.24, 2.45) is 11.7 Å². The van der Waals surface area contributed by atoms with Crippen LogP contribution in [0.4, 0.5) is 4.39 Å². The molecule has 0 fully saturated rings. The summed E-state index contributed by atoms with van der Waals surface area (Å²) in [4.78, 5) is 11.5. The molecule has 0 bridgehead atoms. The highest BCUT2D eigenvalue weighted by Crippen LogP contribution is 2.17. The molecule has 20 heavy (non-hydrogen) atoms. The Labute approximate surface area is 119 Å². The largest absolute Gasteiger partial charge is 0.489 e. The molecule has 112 valence electrons. The fourth-order valence-corrected chi connectivity index (χ4v) is 2.13. The zero-order valence-electron chi connectivity index (χ0n) is 12.3. The maximum absolute atomic E-state index is 13.3. The molecule has 0 aliphatic carbocycles. The smallest absolute Gasteiger partial charge is 0.237 e.